The fourth-order valence-electron chi connectivity index (χ4n) is 5.12. The Morgan fingerprint density at radius 3 is 2.83 bits per heavy atom. The number of benzene rings is 2. The predicted octanol–water partition coefficient (Wildman–Crippen LogP) is 4.05. The number of aryl methyl sites for hydroxylation is 1. The number of β-amino-alcohol motifs (C(OH)–C–C–N with tert-alkyl or cyclic N) is 1. The molecule has 1 N–H and O–H groups in total. The fourth-order valence-corrected chi connectivity index (χ4v) is 5.12. The van der Waals surface area contributed by atoms with Crippen molar-refractivity contribution in [3.63, 3.8) is 0 Å². The van der Waals surface area contributed by atoms with Crippen molar-refractivity contribution in [2.75, 3.05) is 32.9 Å². The largest absolute Gasteiger partial charge is 0.486 e. The van der Waals surface area contributed by atoms with Crippen LogP contribution in [0.4, 0.5) is 0 Å². The molecule has 1 saturated heterocycles. The van der Waals surface area contributed by atoms with Crippen molar-refractivity contribution < 1.29 is 19.3 Å². The van der Waals surface area contributed by atoms with E-state index >= 15 is 0 Å². The number of likely N-dealkylation sites (tertiary alicyclic amines) is 1. The second-order valence-corrected chi connectivity index (χ2v) is 8.62. The molecule has 1 fully saturated rings. The highest BCUT2D eigenvalue weighted by atomic mass is 16.6. The third kappa shape index (κ3) is 4.20. The molecule has 0 amide bonds. The standard InChI is InChI=1S/C25H31NO4/c27-20(17-30-23-9-3-6-18-5-1-2-7-21(18)23)16-26-12-4-8-22(26)19-10-11-24-25(15-19)29-14-13-28-24/h1-2,5,7,10-11,15,20,22-23,27H,3-4,6,8-9,12-14,16-17H2/t20-,22-,23-/m0/s1. The van der Waals surface area contributed by atoms with Gasteiger partial charge in [0.1, 0.15) is 13.2 Å². The van der Waals surface area contributed by atoms with E-state index in [1.807, 2.05) is 6.07 Å². The number of nitrogens with zero attached hydrogens (tertiary/aromatic N) is 1. The number of aliphatic hydroxyl groups excluding tert-OH is 1. The maximum atomic E-state index is 10.7. The minimum absolute atomic E-state index is 0.108. The lowest BCUT2D eigenvalue weighted by atomic mass is 9.89. The van der Waals surface area contributed by atoms with Crippen LogP contribution in [-0.4, -0.2) is 49.0 Å². The second kappa shape index (κ2) is 8.96. The molecular formula is C25H31NO4. The van der Waals surface area contributed by atoms with Gasteiger partial charge in [0.2, 0.25) is 0 Å². The van der Waals surface area contributed by atoms with Gasteiger partial charge in [-0.15, -0.1) is 0 Å². The topological polar surface area (TPSA) is 51.2 Å². The Morgan fingerprint density at radius 2 is 1.90 bits per heavy atom. The summed E-state index contributed by atoms with van der Waals surface area (Å²) in [6, 6.07) is 15.1. The first kappa shape index (κ1) is 19.9. The lowest BCUT2D eigenvalue weighted by Crippen LogP contribution is -2.35. The smallest absolute Gasteiger partial charge is 0.161 e. The summed E-state index contributed by atoms with van der Waals surface area (Å²) < 4.78 is 17.6. The van der Waals surface area contributed by atoms with Crippen molar-refractivity contribution in [2.45, 2.75) is 50.4 Å². The predicted molar refractivity (Wildman–Crippen MR) is 115 cm³/mol. The van der Waals surface area contributed by atoms with Gasteiger partial charge in [0, 0.05) is 12.6 Å². The second-order valence-electron chi connectivity index (χ2n) is 8.62. The van der Waals surface area contributed by atoms with Gasteiger partial charge in [-0.05, 0) is 67.5 Å². The summed E-state index contributed by atoms with van der Waals surface area (Å²) in [7, 11) is 0. The van der Waals surface area contributed by atoms with Gasteiger partial charge in [-0.3, -0.25) is 4.90 Å². The average molecular weight is 410 g/mol. The molecule has 0 spiro atoms. The maximum absolute atomic E-state index is 10.7. The van der Waals surface area contributed by atoms with E-state index in [4.69, 9.17) is 14.2 Å². The van der Waals surface area contributed by atoms with Gasteiger partial charge in [0.05, 0.1) is 18.8 Å². The Balaban J connectivity index is 1.19. The molecule has 2 aliphatic heterocycles. The Bertz CT molecular complexity index is 870. The third-order valence-electron chi connectivity index (χ3n) is 6.56. The molecule has 2 aromatic rings. The third-order valence-corrected chi connectivity index (χ3v) is 6.56. The van der Waals surface area contributed by atoms with Crippen molar-refractivity contribution in [1.82, 2.24) is 4.90 Å². The van der Waals surface area contributed by atoms with Crippen LogP contribution in [0.3, 0.4) is 0 Å². The summed E-state index contributed by atoms with van der Waals surface area (Å²) in [6.45, 7) is 3.23. The Hall–Kier alpha value is -2.08. The summed E-state index contributed by atoms with van der Waals surface area (Å²) in [4.78, 5) is 2.38. The van der Waals surface area contributed by atoms with Crippen LogP contribution < -0.4 is 9.47 Å². The monoisotopic (exact) mass is 409 g/mol. The first-order chi connectivity index (χ1) is 14.8. The van der Waals surface area contributed by atoms with Gasteiger partial charge in [0.15, 0.2) is 11.5 Å². The summed E-state index contributed by atoms with van der Waals surface area (Å²) in [5.74, 6) is 1.67. The maximum Gasteiger partial charge on any atom is 0.161 e. The molecule has 3 aliphatic rings. The molecule has 30 heavy (non-hydrogen) atoms. The number of ether oxygens (including phenoxy) is 3. The van der Waals surface area contributed by atoms with Crippen LogP contribution in [0.2, 0.25) is 0 Å². The average Bonchev–Trinajstić information content (AvgIpc) is 3.25. The van der Waals surface area contributed by atoms with Crippen molar-refractivity contribution in [1.29, 1.82) is 0 Å². The molecular weight excluding hydrogens is 378 g/mol. The minimum atomic E-state index is -0.489. The Morgan fingerprint density at radius 1 is 1.03 bits per heavy atom. The minimum Gasteiger partial charge on any atom is -0.486 e. The van der Waals surface area contributed by atoms with Gasteiger partial charge in [-0.2, -0.15) is 0 Å². The van der Waals surface area contributed by atoms with E-state index in [9.17, 15) is 5.11 Å². The van der Waals surface area contributed by atoms with Gasteiger partial charge in [-0.25, -0.2) is 0 Å². The van der Waals surface area contributed by atoms with Gasteiger partial charge < -0.3 is 19.3 Å². The molecule has 5 rings (SSSR count). The normalized spacial score (nSPS) is 24.4. The lowest BCUT2D eigenvalue weighted by molar-refractivity contribution is -0.0294. The Labute approximate surface area is 178 Å². The van der Waals surface area contributed by atoms with Crippen LogP contribution in [0.15, 0.2) is 42.5 Å². The van der Waals surface area contributed by atoms with E-state index in [0.29, 0.717) is 32.4 Å². The van der Waals surface area contributed by atoms with E-state index in [-0.39, 0.29) is 6.10 Å². The molecule has 0 aromatic heterocycles. The van der Waals surface area contributed by atoms with Crippen LogP contribution in [0.25, 0.3) is 0 Å². The highest BCUT2D eigenvalue weighted by Crippen LogP contribution is 2.38. The zero-order valence-electron chi connectivity index (χ0n) is 17.5. The highest BCUT2D eigenvalue weighted by molar-refractivity contribution is 5.44. The van der Waals surface area contributed by atoms with E-state index in [1.165, 1.54) is 16.7 Å². The number of hydrogen-bond acceptors (Lipinski definition) is 5. The number of rotatable bonds is 6. The van der Waals surface area contributed by atoms with Crippen LogP contribution in [0.1, 0.15) is 54.5 Å². The SMILES string of the molecule is O[C@H](CO[C@H]1CCCc2ccccc21)CN1CCC[C@H]1c1ccc2c(c1)OCCO2. The van der Waals surface area contributed by atoms with Crippen molar-refractivity contribution >= 4 is 0 Å². The number of fused-ring (bicyclic) bond motifs is 2. The molecule has 2 aromatic carbocycles. The summed E-state index contributed by atoms with van der Waals surface area (Å²) in [5, 5.41) is 10.7. The van der Waals surface area contributed by atoms with Gasteiger partial charge in [-0.1, -0.05) is 30.3 Å². The quantitative estimate of drug-likeness (QED) is 0.780. The molecule has 2 heterocycles. The summed E-state index contributed by atoms with van der Waals surface area (Å²) >= 11 is 0. The molecule has 5 heteroatoms. The molecule has 3 atom stereocenters. The molecule has 0 saturated carbocycles. The van der Waals surface area contributed by atoms with Crippen molar-refractivity contribution in [3.8, 4) is 11.5 Å². The molecule has 0 radical (unpaired) electrons. The molecule has 0 unspecified atom stereocenters. The number of hydrogen-bond donors (Lipinski definition) is 1. The van der Waals surface area contributed by atoms with Gasteiger partial charge >= 0.3 is 0 Å². The zero-order valence-corrected chi connectivity index (χ0v) is 17.5. The zero-order chi connectivity index (χ0) is 20.3. The lowest BCUT2D eigenvalue weighted by Gasteiger charge is -2.30. The van der Waals surface area contributed by atoms with Crippen LogP contribution in [-0.2, 0) is 11.2 Å². The van der Waals surface area contributed by atoms with E-state index in [1.54, 1.807) is 0 Å². The highest BCUT2D eigenvalue weighted by Gasteiger charge is 2.29. The van der Waals surface area contributed by atoms with Crippen LogP contribution in [0, 0.1) is 0 Å². The van der Waals surface area contributed by atoms with E-state index < -0.39 is 6.10 Å². The molecule has 5 nitrogen and oxygen atoms in total. The van der Waals surface area contributed by atoms with Crippen molar-refractivity contribution in [2.24, 2.45) is 0 Å². The van der Waals surface area contributed by atoms with Crippen molar-refractivity contribution in [3.05, 3.63) is 59.2 Å². The molecule has 1 aliphatic carbocycles. The summed E-state index contributed by atoms with van der Waals surface area (Å²) in [6.07, 6.45) is 5.17. The Kier molecular flexibility index (Phi) is 5.93. The first-order valence-corrected chi connectivity index (χ1v) is 11.3. The fraction of sp³-hybridized carbons (Fsp3) is 0.520. The molecule has 0 bridgehead atoms. The first-order valence-electron chi connectivity index (χ1n) is 11.3. The van der Waals surface area contributed by atoms with Crippen LogP contribution >= 0.6 is 0 Å². The van der Waals surface area contributed by atoms with E-state index in [2.05, 4.69) is 41.3 Å². The van der Waals surface area contributed by atoms with Crippen LogP contribution in [0.5, 0.6) is 11.5 Å². The van der Waals surface area contributed by atoms with Gasteiger partial charge in [0.25, 0.3) is 0 Å². The summed E-state index contributed by atoms with van der Waals surface area (Å²) in [5.41, 5.74) is 3.93. The van der Waals surface area contributed by atoms with E-state index in [0.717, 1.165) is 50.1 Å². The molecule has 160 valence electrons. The number of aliphatic hydroxyl groups is 1.